The van der Waals surface area contributed by atoms with Crippen LogP contribution in [0.2, 0.25) is 0 Å². The summed E-state index contributed by atoms with van der Waals surface area (Å²) in [6.07, 6.45) is 6.01. The molecule has 0 saturated heterocycles. The predicted molar refractivity (Wildman–Crippen MR) is 58.4 cm³/mol. The molecule has 13 heavy (non-hydrogen) atoms. The molecule has 1 aliphatic rings. The Morgan fingerprint density at radius 1 is 1.46 bits per heavy atom. The standard InChI is InChI=1S/C10H21NOS/c1-9(11-2)7-8-13(12)10-5-3-4-6-10/h9-11H,3-8H2,1-2H3. The quantitative estimate of drug-likeness (QED) is 0.736. The van der Waals surface area contributed by atoms with Crippen molar-refractivity contribution in [2.24, 2.45) is 0 Å². The van der Waals surface area contributed by atoms with Crippen molar-refractivity contribution in [3.05, 3.63) is 0 Å². The first-order chi connectivity index (χ1) is 6.24. The fourth-order valence-corrected chi connectivity index (χ4v) is 3.53. The number of hydrogen-bond donors (Lipinski definition) is 1. The van der Waals surface area contributed by atoms with Crippen molar-refractivity contribution in [3.63, 3.8) is 0 Å². The largest absolute Gasteiger partial charge is 0.317 e. The first kappa shape index (κ1) is 11.2. The van der Waals surface area contributed by atoms with E-state index in [9.17, 15) is 4.21 Å². The third kappa shape index (κ3) is 3.77. The van der Waals surface area contributed by atoms with Crippen LogP contribution < -0.4 is 5.32 Å². The van der Waals surface area contributed by atoms with Crippen LogP contribution in [-0.2, 0) is 10.8 Å². The molecule has 2 atom stereocenters. The Morgan fingerprint density at radius 2 is 2.08 bits per heavy atom. The molecular formula is C10H21NOS. The van der Waals surface area contributed by atoms with E-state index in [4.69, 9.17) is 0 Å². The molecule has 0 heterocycles. The molecule has 0 aromatic carbocycles. The van der Waals surface area contributed by atoms with Gasteiger partial charge in [0.15, 0.2) is 0 Å². The predicted octanol–water partition coefficient (Wildman–Crippen LogP) is 1.68. The molecule has 1 N–H and O–H groups in total. The van der Waals surface area contributed by atoms with E-state index in [0.29, 0.717) is 11.3 Å². The lowest BCUT2D eigenvalue weighted by atomic mass is 10.3. The van der Waals surface area contributed by atoms with Crippen LogP contribution in [0.5, 0.6) is 0 Å². The highest BCUT2D eigenvalue weighted by Crippen LogP contribution is 2.23. The van der Waals surface area contributed by atoms with Crippen LogP contribution in [0.1, 0.15) is 39.0 Å². The van der Waals surface area contributed by atoms with Crippen LogP contribution in [0.4, 0.5) is 0 Å². The molecule has 0 radical (unpaired) electrons. The van der Waals surface area contributed by atoms with Crippen LogP contribution in [0.15, 0.2) is 0 Å². The van der Waals surface area contributed by atoms with Crippen molar-refractivity contribution < 1.29 is 4.21 Å². The molecule has 0 aliphatic heterocycles. The summed E-state index contributed by atoms with van der Waals surface area (Å²) in [6, 6.07) is 0.505. The van der Waals surface area contributed by atoms with Gasteiger partial charge < -0.3 is 5.32 Å². The van der Waals surface area contributed by atoms with Gasteiger partial charge in [0.1, 0.15) is 0 Å². The lowest BCUT2D eigenvalue weighted by Crippen LogP contribution is -2.25. The Kier molecular flexibility index (Phi) is 4.96. The lowest BCUT2D eigenvalue weighted by Gasteiger charge is -2.12. The average molecular weight is 203 g/mol. The summed E-state index contributed by atoms with van der Waals surface area (Å²) in [7, 11) is 1.40. The van der Waals surface area contributed by atoms with Gasteiger partial charge in [-0.2, -0.15) is 0 Å². The van der Waals surface area contributed by atoms with Crippen molar-refractivity contribution in [3.8, 4) is 0 Å². The van der Waals surface area contributed by atoms with Crippen molar-refractivity contribution in [2.45, 2.75) is 50.3 Å². The molecule has 2 unspecified atom stereocenters. The SMILES string of the molecule is CNC(C)CCS(=O)C1CCCC1. The Labute approximate surface area is 83.9 Å². The second-order valence-corrected chi connectivity index (χ2v) is 5.81. The molecule has 1 saturated carbocycles. The van der Waals surface area contributed by atoms with Gasteiger partial charge in [0.25, 0.3) is 0 Å². The smallest absolute Gasteiger partial charge is 0.0348 e. The topological polar surface area (TPSA) is 29.1 Å². The lowest BCUT2D eigenvalue weighted by molar-refractivity contribution is 0.589. The van der Waals surface area contributed by atoms with E-state index >= 15 is 0 Å². The summed E-state index contributed by atoms with van der Waals surface area (Å²) in [5.41, 5.74) is 0. The van der Waals surface area contributed by atoms with Crippen molar-refractivity contribution in [1.82, 2.24) is 5.32 Å². The monoisotopic (exact) mass is 203 g/mol. The van der Waals surface area contributed by atoms with E-state index < -0.39 is 10.8 Å². The molecular weight excluding hydrogens is 182 g/mol. The van der Waals surface area contributed by atoms with Crippen LogP contribution in [0, 0.1) is 0 Å². The van der Waals surface area contributed by atoms with E-state index in [1.807, 2.05) is 7.05 Å². The molecule has 0 amide bonds. The molecule has 2 nitrogen and oxygen atoms in total. The Bertz CT molecular complexity index is 166. The fourth-order valence-electron chi connectivity index (χ4n) is 1.76. The van der Waals surface area contributed by atoms with Gasteiger partial charge in [-0.3, -0.25) is 4.21 Å². The minimum atomic E-state index is -0.558. The maximum Gasteiger partial charge on any atom is 0.0348 e. The van der Waals surface area contributed by atoms with Crippen LogP contribution in [0.3, 0.4) is 0 Å². The fraction of sp³-hybridized carbons (Fsp3) is 1.00. The van der Waals surface area contributed by atoms with Gasteiger partial charge in [-0.15, -0.1) is 0 Å². The Morgan fingerprint density at radius 3 is 2.62 bits per heavy atom. The number of rotatable bonds is 5. The molecule has 0 aromatic heterocycles. The zero-order valence-electron chi connectivity index (χ0n) is 8.71. The zero-order chi connectivity index (χ0) is 9.68. The number of hydrogen-bond acceptors (Lipinski definition) is 2. The molecule has 1 aliphatic carbocycles. The molecule has 0 aromatic rings. The average Bonchev–Trinajstić information content (AvgIpc) is 2.66. The van der Waals surface area contributed by atoms with E-state index in [1.54, 1.807) is 0 Å². The van der Waals surface area contributed by atoms with Crippen molar-refractivity contribution in [1.29, 1.82) is 0 Å². The molecule has 0 spiro atoms. The summed E-state index contributed by atoms with van der Waals surface area (Å²) in [5.74, 6) is 0.882. The third-order valence-corrected chi connectivity index (χ3v) is 4.77. The molecule has 78 valence electrons. The van der Waals surface area contributed by atoms with Crippen LogP contribution >= 0.6 is 0 Å². The van der Waals surface area contributed by atoms with E-state index in [0.717, 1.165) is 12.2 Å². The highest BCUT2D eigenvalue weighted by atomic mass is 32.2. The van der Waals surface area contributed by atoms with E-state index in [1.165, 1.54) is 25.7 Å². The van der Waals surface area contributed by atoms with Gasteiger partial charge in [0.05, 0.1) is 0 Å². The van der Waals surface area contributed by atoms with Gasteiger partial charge in [0, 0.05) is 27.8 Å². The molecule has 3 heteroatoms. The maximum absolute atomic E-state index is 11.7. The van der Waals surface area contributed by atoms with Crippen LogP contribution in [0.25, 0.3) is 0 Å². The maximum atomic E-state index is 11.7. The van der Waals surface area contributed by atoms with Gasteiger partial charge in [-0.05, 0) is 33.2 Å². The zero-order valence-corrected chi connectivity index (χ0v) is 9.53. The highest BCUT2D eigenvalue weighted by Gasteiger charge is 2.21. The van der Waals surface area contributed by atoms with Gasteiger partial charge in [-0.1, -0.05) is 12.8 Å². The molecule has 1 fully saturated rings. The Hall–Kier alpha value is 0.110. The van der Waals surface area contributed by atoms with Gasteiger partial charge in [-0.25, -0.2) is 0 Å². The minimum Gasteiger partial charge on any atom is -0.317 e. The first-order valence-electron chi connectivity index (χ1n) is 5.28. The summed E-state index contributed by atoms with van der Waals surface area (Å²) >= 11 is 0. The minimum absolute atomic E-state index is 0.505. The van der Waals surface area contributed by atoms with Gasteiger partial charge >= 0.3 is 0 Å². The Balaban J connectivity index is 2.16. The summed E-state index contributed by atoms with van der Waals surface area (Å²) < 4.78 is 11.7. The molecule has 1 rings (SSSR count). The number of nitrogens with one attached hydrogen (secondary N) is 1. The summed E-state index contributed by atoms with van der Waals surface area (Å²) in [6.45, 7) is 2.14. The van der Waals surface area contributed by atoms with Crippen molar-refractivity contribution >= 4 is 10.8 Å². The van der Waals surface area contributed by atoms with Gasteiger partial charge in [0.2, 0.25) is 0 Å². The summed E-state index contributed by atoms with van der Waals surface area (Å²) in [5, 5.41) is 3.69. The normalized spacial score (nSPS) is 23.2. The second kappa shape index (κ2) is 5.76. The van der Waals surface area contributed by atoms with Crippen molar-refractivity contribution in [2.75, 3.05) is 12.8 Å². The highest BCUT2D eigenvalue weighted by molar-refractivity contribution is 7.85. The van der Waals surface area contributed by atoms with Crippen LogP contribution in [-0.4, -0.2) is 28.3 Å². The summed E-state index contributed by atoms with van der Waals surface area (Å²) in [4.78, 5) is 0. The second-order valence-electron chi connectivity index (χ2n) is 3.97. The van der Waals surface area contributed by atoms with E-state index in [-0.39, 0.29) is 0 Å². The third-order valence-electron chi connectivity index (χ3n) is 2.92. The van der Waals surface area contributed by atoms with E-state index in [2.05, 4.69) is 12.2 Å². The first-order valence-corrected chi connectivity index (χ1v) is 6.66. The molecule has 0 bridgehead atoms.